The highest BCUT2D eigenvalue weighted by atomic mass is 16.2. The Hall–Kier alpha value is -1.10. The number of amides is 2. The molecule has 2 aliphatic rings. The van der Waals surface area contributed by atoms with E-state index in [9.17, 15) is 9.59 Å². The predicted molar refractivity (Wildman–Crippen MR) is 59.2 cm³/mol. The minimum Gasteiger partial charge on any atom is -0.369 e. The van der Waals surface area contributed by atoms with Gasteiger partial charge in [-0.15, -0.1) is 0 Å². The summed E-state index contributed by atoms with van der Waals surface area (Å²) in [5.74, 6) is -0.659. The lowest BCUT2D eigenvalue weighted by atomic mass is 9.90. The summed E-state index contributed by atoms with van der Waals surface area (Å²) in [6, 6.07) is 0.176. The first-order chi connectivity index (χ1) is 7.59. The van der Waals surface area contributed by atoms with Gasteiger partial charge in [-0.3, -0.25) is 9.59 Å². The van der Waals surface area contributed by atoms with Crippen LogP contribution in [0.3, 0.4) is 0 Å². The predicted octanol–water partition coefficient (Wildman–Crippen LogP) is -0.410. The summed E-state index contributed by atoms with van der Waals surface area (Å²) < 4.78 is 0. The molecule has 0 aromatic heterocycles. The van der Waals surface area contributed by atoms with Crippen LogP contribution in [0.5, 0.6) is 0 Å². The molecule has 90 valence electrons. The number of carbonyl (C=O) groups excluding carboxylic acids is 2. The second kappa shape index (κ2) is 4.41. The van der Waals surface area contributed by atoms with E-state index in [1.54, 1.807) is 4.90 Å². The summed E-state index contributed by atoms with van der Waals surface area (Å²) in [6.45, 7) is 0.465. The maximum atomic E-state index is 11.8. The largest absolute Gasteiger partial charge is 0.369 e. The first-order valence-electron chi connectivity index (χ1n) is 5.94. The van der Waals surface area contributed by atoms with Crippen LogP contribution >= 0.6 is 0 Å². The lowest BCUT2D eigenvalue weighted by molar-refractivity contribution is -0.130. The minimum atomic E-state index is -0.375. The zero-order chi connectivity index (χ0) is 11.7. The van der Waals surface area contributed by atoms with Gasteiger partial charge in [-0.2, -0.15) is 0 Å². The molecule has 2 amide bonds. The van der Waals surface area contributed by atoms with Crippen LogP contribution in [-0.4, -0.2) is 35.3 Å². The summed E-state index contributed by atoms with van der Waals surface area (Å²) >= 11 is 0. The molecule has 4 N–H and O–H groups in total. The van der Waals surface area contributed by atoms with Crippen LogP contribution in [0.15, 0.2) is 0 Å². The lowest BCUT2D eigenvalue weighted by Gasteiger charge is -2.36. The molecule has 2 rings (SSSR count). The summed E-state index contributed by atoms with van der Waals surface area (Å²) in [5, 5.41) is 0. The van der Waals surface area contributed by atoms with Gasteiger partial charge in [0.2, 0.25) is 11.8 Å². The van der Waals surface area contributed by atoms with Crippen LogP contribution in [-0.2, 0) is 9.59 Å². The lowest BCUT2D eigenvalue weighted by Crippen LogP contribution is -2.50. The molecule has 1 aliphatic carbocycles. The second-order valence-electron chi connectivity index (χ2n) is 4.87. The first-order valence-corrected chi connectivity index (χ1v) is 5.94. The Morgan fingerprint density at radius 1 is 1.31 bits per heavy atom. The fourth-order valence-electron chi connectivity index (χ4n) is 2.77. The van der Waals surface area contributed by atoms with Crippen molar-refractivity contribution in [3.05, 3.63) is 0 Å². The van der Waals surface area contributed by atoms with Crippen LogP contribution in [0, 0.1) is 5.92 Å². The maximum Gasteiger partial charge on any atom is 0.223 e. The monoisotopic (exact) mass is 225 g/mol. The van der Waals surface area contributed by atoms with Crippen molar-refractivity contribution in [1.82, 2.24) is 4.90 Å². The van der Waals surface area contributed by atoms with E-state index in [0.717, 1.165) is 25.7 Å². The van der Waals surface area contributed by atoms with Gasteiger partial charge in [-0.1, -0.05) is 12.8 Å². The molecule has 0 aromatic rings. The summed E-state index contributed by atoms with van der Waals surface area (Å²) in [4.78, 5) is 24.6. The van der Waals surface area contributed by atoms with Crippen molar-refractivity contribution < 1.29 is 9.59 Å². The number of likely N-dealkylation sites (tertiary alicyclic amines) is 1. The van der Waals surface area contributed by atoms with Crippen LogP contribution in [0.1, 0.15) is 32.1 Å². The van der Waals surface area contributed by atoms with Gasteiger partial charge in [-0.25, -0.2) is 0 Å². The quantitative estimate of drug-likeness (QED) is 0.669. The van der Waals surface area contributed by atoms with E-state index in [1.165, 1.54) is 0 Å². The van der Waals surface area contributed by atoms with E-state index in [-0.39, 0.29) is 36.2 Å². The molecular formula is C11H19N3O2. The topological polar surface area (TPSA) is 89.4 Å². The van der Waals surface area contributed by atoms with Gasteiger partial charge in [0, 0.05) is 25.0 Å². The van der Waals surface area contributed by atoms with E-state index in [2.05, 4.69) is 0 Å². The van der Waals surface area contributed by atoms with Crippen molar-refractivity contribution in [1.29, 1.82) is 0 Å². The Labute approximate surface area is 95.1 Å². The van der Waals surface area contributed by atoms with Crippen molar-refractivity contribution in [2.24, 2.45) is 17.4 Å². The number of carbonyl (C=O) groups is 2. The Morgan fingerprint density at radius 3 is 2.56 bits per heavy atom. The smallest absolute Gasteiger partial charge is 0.223 e. The van der Waals surface area contributed by atoms with E-state index >= 15 is 0 Å². The van der Waals surface area contributed by atoms with Crippen LogP contribution in [0.25, 0.3) is 0 Å². The standard InChI is InChI=1S/C11H19N3O2/c12-8-3-1-2-4-9(8)14-6-7(11(13)16)5-10(14)15/h7-9H,1-6,12H2,(H2,13,16)/t7?,8-,9+/m1/s1. The van der Waals surface area contributed by atoms with Crippen LogP contribution in [0.4, 0.5) is 0 Å². The zero-order valence-corrected chi connectivity index (χ0v) is 9.39. The maximum absolute atomic E-state index is 11.8. The Kier molecular flexibility index (Phi) is 3.14. The molecular weight excluding hydrogens is 206 g/mol. The Bertz CT molecular complexity index is 306. The number of rotatable bonds is 2. The number of hydrogen-bond donors (Lipinski definition) is 2. The Balaban J connectivity index is 2.04. The van der Waals surface area contributed by atoms with Crippen molar-refractivity contribution in [3.63, 3.8) is 0 Å². The number of nitrogens with two attached hydrogens (primary N) is 2. The molecule has 2 fully saturated rings. The molecule has 16 heavy (non-hydrogen) atoms. The number of hydrogen-bond acceptors (Lipinski definition) is 3. The van der Waals surface area contributed by atoms with Gasteiger partial charge in [0.15, 0.2) is 0 Å². The third-order valence-corrected chi connectivity index (χ3v) is 3.74. The molecule has 1 unspecified atom stereocenters. The molecule has 1 saturated carbocycles. The summed E-state index contributed by atoms with van der Waals surface area (Å²) in [6.07, 6.45) is 4.44. The minimum absolute atomic E-state index is 0.0335. The van der Waals surface area contributed by atoms with Crippen LogP contribution < -0.4 is 11.5 Å². The van der Waals surface area contributed by atoms with E-state index in [0.29, 0.717) is 6.54 Å². The van der Waals surface area contributed by atoms with Crippen molar-refractivity contribution in [3.8, 4) is 0 Å². The molecule has 1 aliphatic heterocycles. The SMILES string of the molecule is NC(=O)C1CC(=O)N([C@H]2CCCC[C@H]2N)C1. The fraction of sp³-hybridized carbons (Fsp3) is 0.818. The van der Waals surface area contributed by atoms with Crippen molar-refractivity contribution in [2.45, 2.75) is 44.2 Å². The van der Waals surface area contributed by atoms with Crippen molar-refractivity contribution >= 4 is 11.8 Å². The molecule has 1 heterocycles. The van der Waals surface area contributed by atoms with Gasteiger partial charge in [-0.05, 0) is 12.8 Å². The molecule has 0 aromatic carbocycles. The van der Waals surface area contributed by atoms with E-state index < -0.39 is 0 Å². The highest BCUT2D eigenvalue weighted by Gasteiger charge is 2.39. The molecule has 0 radical (unpaired) electrons. The highest BCUT2D eigenvalue weighted by Crippen LogP contribution is 2.27. The molecule has 1 saturated heterocycles. The molecule has 5 nitrogen and oxygen atoms in total. The van der Waals surface area contributed by atoms with Gasteiger partial charge in [0.1, 0.15) is 0 Å². The zero-order valence-electron chi connectivity index (χ0n) is 9.39. The molecule has 5 heteroatoms. The van der Waals surface area contributed by atoms with Gasteiger partial charge in [0.05, 0.1) is 5.92 Å². The fourth-order valence-corrected chi connectivity index (χ4v) is 2.77. The summed E-state index contributed by atoms with van der Waals surface area (Å²) in [7, 11) is 0. The van der Waals surface area contributed by atoms with Gasteiger partial charge in [0.25, 0.3) is 0 Å². The van der Waals surface area contributed by atoms with E-state index in [4.69, 9.17) is 11.5 Å². The third kappa shape index (κ3) is 2.04. The number of nitrogens with zero attached hydrogens (tertiary/aromatic N) is 1. The summed E-state index contributed by atoms with van der Waals surface area (Å²) in [5.41, 5.74) is 11.3. The molecule has 3 atom stereocenters. The van der Waals surface area contributed by atoms with Crippen molar-refractivity contribution in [2.75, 3.05) is 6.54 Å². The second-order valence-corrected chi connectivity index (χ2v) is 4.87. The van der Waals surface area contributed by atoms with E-state index in [1.807, 2.05) is 0 Å². The average molecular weight is 225 g/mol. The Morgan fingerprint density at radius 2 is 2.00 bits per heavy atom. The normalized spacial score (nSPS) is 35.4. The average Bonchev–Trinajstić information content (AvgIpc) is 2.61. The van der Waals surface area contributed by atoms with Gasteiger partial charge >= 0.3 is 0 Å². The highest BCUT2D eigenvalue weighted by molar-refractivity contribution is 5.88. The third-order valence-electron chi connectivity index (χ3n) is 3.74. The van der Waals surface area contributed by atoms with Crippen LogP contribution in [0.2, 0.25) is 0 Å². The number of primary amides is 1. The van der Waals surface area contributed by atoms with Gasteiger partial charge < -0.3 is 16.4 Å². The molecule has 0 bridgehead atoms. The molecule has 0 spiro atoms. The first kappa shape index (κ1) is 11.4.